The molecule has 1 spiro atoms. The molecule has 1 N–H and O–H groups in total. The van der Waals surface area contributed by atoms with Gasteiger partial charge in [0, 0.05) is 12.8 Å². The highest BCUT2D eigenvalue weighted by Crippen LogP contribution is 2.60. The summed E-state index contributed by atoms with van der Waals surface area (Å²) in [5, 5.41) is 10.3. The average molecular weight is 194 g/mol. The molecule has 0 radical (unpaired) electrons. The van der Waals surface area contributed by atoms with Crippen LogP contribution in [0.4, 0.5) is 0 Å². The van der Waals surface area contributed by atoms with Crippen molar-refractivity contribution >= 4 is 5.78 Å². The van der Waals surface area contributed by atoms with E-state index in [1.165, 1.54) is 19.3 Å². The third kappa shape index (κ3) is 1.10. The molecule has 0 saturated heterocycles. The predicted molar refractivity (Wildman–Crippen MR) is 52.8 cm³/mol. The van der Waals surface area contributed by atoms with Gasteiger partial charge < -0.3 is 5.11 Å². The van der Waals surface area contributed by atoms with Gasteiger partial charge in [0.05, 0.1) is 5.60 Å². The first-order valence-electron chi connectivity index (χ1n) is 5.86. The van der Waals surface area contributed by atoms with Crippen LogP contribution in [0.15, 0.2) is 0 Å². The highest BCUT2D eigenvalue weighted by molar-refractivity contribution is 5.81. The van der Waals surface area contributed by atoms with Crippen LogP contribution in [0.5, 0.6) is 0 Å². The lowest BCUT2D eigenvalue weighted by Crippen LogP contribution is -2.50. The van der Waals surface area contributed by atoms with Gasteiger partial charge in [0.2, 0.25) is 0 Å². The van der Waals surface area contributed by atoms with Crippen molar-refractivity contribution in [1.29, 1.82) is 0 Å². The van der Waals surface area contributed by atoms with Crippen LogP contribution in [0, 0.1) is 11.3 Å². The standard InChI is InChI=1S/C12H18O2/c13-10-6-11-4-1-2-9(11)3-5-12(14,7-10)8-11/h9,14H,1-8H2/t9-,11-,12-/m0/s1. The topological polar surface area (TPSA) is 37.3 Å². The molecule has 2 bridgehead atoms. The average Bonchev–Trinajstić information content (AvgIpc) is 2.42. The van der Waals surface area contributed by atoms with E-state index < -0.39 is 5.60 Å². The van der Waals surface area contributed by atoms with Gasteiger partial charge in [-0.1, -0.05) is 6.42 Å². The zero-order valence-corrected chi connectivity index (χ0v) is 8.59. The second kappa shape index (κ2) is 2.60. The monoisotopic (exact) mass is 194 g/mol. The fourth-order valence-electron chi connectivity index (χ4n) is 4.35. The van der Waals surface area contributed by atoms with Crippen molar-refractivity contribution in [3.8, 4) is 0 Å². The number of rotatable bonds is 0. The molecule has 2 nitrogen and oxygen atoms in total. The Morgan fingerprint density at radius 2 is 2.07 bits per heavy atom. The van der Waals surface area contributed by atoms with Gasteiger partial charge in [0.1, 0.15) is 5.78 Å². The number of fused-ring (bicyclic) bond motifs is 1. The molecule has 3 rings (SSSR count). The smallest absolute Gasteiger partial charge is 0.136 e. The highest BCUT2D eigenvalue weighted by Gasteiger charge is 2.55. The van der Waals surface area contributed by atoms with Gasteiger partial charge in [0.15, 0.2) is 0 Å². The summed E-state index contributed by atoms with van der Waals surface area (Å²) in [6.07, 6.45) is 7.88. The number of hydrogen-bond donors (Lipinski definition) is 1. The first-order chi connectivity index (χ1) is 6.62. The van der Waals surface area contributed by atoms with E-state index in [0.29, 0.717) is 12.2 Å². The van der Waals surface area contributed by atoms with E-state index in [2.05, 4.69) is 0 Å². The lowest BCUT2D eigenvalue weighted by Gasteiger charge is -2.50. The Morgan fingerprint density at radius 1 is 1.21 bits per heavy atom. The molecule has 0 aromatic rings. The molecule has 0 heterocycles. The largest absolute Gasteiger partial charge is 0.389 e. The van der Waals surface area contributed by atoms with Crippen LogP contribution in [0.3, 0.4) is 0 Å². The van der Waals surface area contributed by atoms with Gasteiger partial charge in [-0.05, 0) is 43.4 Å². The van der Waals surface area contributed by atoms with Crippen LogP contribution in [-0.2, 0) is 4.79 Å². The van der Waals surface area contributed by atoms with E-state index in [0.717, 1.165) is 31.6 Å². The van der Waals surface area contributed by atoms with Gasteiger partial charge in [-0.3, -0.25) is 4.79 Å². The molecule has 0 aromatic heterocycles. The third-order valence-electron chi connectivity index (χ3n) is 4.81. The van der Waals surface area contributed by atoms with Crippen molar-refractivity contribution in [1.82, 2.24) is 0 Å². The SMILES string of the molecule is O=C1C[C@@]2(O)CC[C@@H]3CCC[C@]3(C1)C2. The minimum atomic E-state index is -0.615. The molecule has 0 unspecified atom stereocenters. The number of hydrogen-bond acceptors (Lipinski definition) is 2. The number of aliphatic hydroxyl groups is 1. The normalized spacial score (nSPS) is 51.8. The predicted octanol–water partition coefficient (Wildman–Crippen LogP) is 2.05. The number of carbonyl (C=O) groups is 1. The maximum Gasteiger partial charge on any atom is 0.136 e. The number of ketones is 1. The summed E-state index contributed by atoms with van der Waals surface area (Å²) in [6, 6.07) is 0. The Hall–Kier alpha value is -0.370. The Balaban J connectivity index is 1.97. The molecule has 0 aromatic carbocycles. The Morgan fingerprint density at radius 3 is 2.93 bits per heavy atom. The van der Waals surface area contributed by atoms with Crippen LogP contribution in [0.1, 0.15) is 51.4 Å². The van der Waals surface area contributed by atoms with Crippen LogP contribution in [0.25, 0.3) is 0 Å². The fourth-order valence-corrected chi connectivity index (χ4v) is 4.35. The Labute approximate surface area is 84.7 Å². The van der Waals surface area contributed by atoms with Crippen molar-refractivity contribution in [3.63, 3.8) is 0 Å². The zero-order valence-electron chi connectivity index (χ0n) is 8.59. The van der Waals surface area contributed by atoms with Gasteiger partial charge in [0.25, 0.3) is 0 Å². The summed E-state index contributed by atoms with van der Waals surface area (Å²) in [6.45, 7) is 0. The molecule has 2 heteroatoms. The van der Waals surface area contributed by atoms with E-state index in [4.69, 9.17) is 0 Å². The second-order valence-corrected chi connectivity index (χ2v) is 5.78. The van der Waals surface area contributed by atoms with E-state index in [1.54, 1.807) is 0 Å². The molecule has 3 aliphatic carbocycles. The maximum absolute atomic E-state index is 11.7. The lowest BCUT2D eigenvalue weighted by molar-refractivity contribution is -0.147. The maximum atomic E-state index is 11.7. The van der Waals surface area contributed by atoms with E-state index in [-0.39, 0.29) is 5.41 Å². The summed E-state index contributed by atoms with van der Waals surface area (Å²) in [5.74, 6) is 1.05. The first-order valence-corrected chi connectivity index (χ1v) is 5.86. The molecule has 3 aliphatic rings. The van der Waals surface area contributed by atoms with Crippen LogP contribution < -0.4 is 0 Å². The molecule has 3 fully saturated rings. The van der Waals surface area contributed by atoms with E-state index in [1.807, 2.05) is 0 Å². The quantitative estimate of drug-likeness (QED) is 0.641. The molecule has 0 aliphatic heterocycles. The molecule has 3 saturated carbocycles. The fraction of sp³-hybridized carbons (Fsp3) is 0.917. The van der Waals surface area contributed by atoms with Crippen molar-refractivity contribution in [2.45, 2.75) is 57.0 Å². The minimum Gasteiger partial charge on any atom is -0.389 e. The number of Topliss-reactive ketones (excluding diaryl/α,β-unsaturated/α-hetero) is 1. The summed E-state index contributed by atoms with van der Waals surface area (Å²) in [7, 11) is 0. The summed E-state index contributed by atoms with van der Waals surface area (Å²) in [4.78, 5) is 11.7. The van der Waals surface area contributed by atoms with Gasteiger partial charge >= 0.3 is 0 Å². The van der Waals surface area contributed by atoms with Gasteiger partial charge in [-0.15, -0.1) is 0 Å². The van der Waals surface area contributed by atoms with Gasteiger partial charge in [-0.25, -0.2) is 0 Å². The summed E-state index contributed by atoms with van der Waals surface area (Å²) < 4.78 is 0. The minimum absolute atomic E-state index is 0.225. The number of carbonyl (C=O) groups excluding carboxylic acids is 1. The molecular formula is C12H18O2. The van der Waals surface area contributed by atoms with Crippen molar-refractivity contribution in [2.75, 3.05) is 0 Å². The molecular weight excluding hydrogens is 176 g/mol. The summed E-state index contributed by atoms with van der Waals surface area (Å²) in [5.41, 5.74) is -0.390. The van der Waals surface area contributed by atoms with Crippen LogP contribution in [0.2, 0.25) is 0 Å². The molecule has 0 amide bonds. The van der Waals surface area contributed by atoms with Crippen LogP contribution >= 0.6 is 0 Å². The van der Waals surface area contributed by atoms with Gasteiger partial charge in [-0.2, -0.15) is 0 Å². The Bertz CT molecular complexity index is 286. The third-order valence-corrected chi connectivity index (χ3v) is 4.81. The van der Waals surface area contributed by atoms with Crippen molar-refractivity contribution in [3.05, 3.63) is 0 Å². The van der Waals surface area contributed by atoms with E-state index >= 15 is 0 Å². The molecule has 3 atom stereocenters. The molecule has 14 heavy (non-hydrogen) atoms. The first kappa shape index (κ1) is 8.90. The summed E-state index contributed by atoms with van der Waals surface area (Å²) >= 11 is 0. The lowest BCUT2D eigenvalue weighted by atomic mass is 9.56. The van der Waals surface area contributed by atoms with E-state index in [9.17, 15) is 9.90 Å². The highest BCUT2D eigenvalue weighted by atomic mass is 16.3. The van der Waals surface area contributed by atoms with Crippen molar-refractivity contribution in [2.24, 2.45) is 11.3 Å². The zero-order chi connectivity index (χ0) is 9.81. The Kier molecular flexibility index (Phi) is 1.65. The van der Waals surface area contributed by atoms with Crippen LogP contribution in [-0.4, -0.2) is 16.5 Å². The van der Waals surface area contributed by atoms with Crippen molar-refractivity contribution < 1.29 is 9.90 Å². The molecule has 78 valence electrons. The second-order valence-electron chi connectivity index (χ2n) is 5.78.